The van der Waals surface area contributed by atoms with Gasteiger partial charge in [-0.15, -0.1) is 0 Å². The summed E-state index contributed by atoms with van der Waals surface area (Å²) in [6.07, 6.45) is 2.67. The van der Waals surface area contributed by atoms with Crippen LogP contribution in [0, 0.1) is 0 Å². The summed E-state index contributed by atoms with van der Waals surface area (Å²) in [6, 6.07) is 0. The number of carbonyl (C=O) groups is 1. The van der Waals surface area contributed by atoms with Crippen molar-refractivity contribution >= 4 is 32.9 Å². The van der Waals surface area contributed by atoms with E-state index in [0.29, 0.717) is 13.0 Å². The van der Waals surface area contributed by atoms with Gasteiger partial charge in [-0.2, -0.15) is 0 Å². The third-order valence-corrected chi connectivity index (χ3v) is 5.86. The van der Waals surface area contributed by atoms with Crippen LogP contribution in [0.5, 0.6) is 0 Å². The summed E-state index contributed by atoms with van der Waals surface area (Å²) >= 11 is 0. The number of hydrogen-bond donors (Lipinski definition) is 1. The Bertz CT molecular complexity index is 207. The van der Waals surface area contributed by atoms with Crippen molar-refractivity contribution in [1.82, 2.24) is 0 Å². The number of carboxylic acids is 1. The van der Waals surface area contributed by atoms with E-state index in [1.54, 1.807) is 0 Å². The molecule has 0 radical (unpaired) electrons. The van der Waals surface area contributed by atoms with Gasteiger partial charge >= 0.3 is 24.8 Å². The first kappa shape index (κ1) is 14.2. The molecule has 0 bridgehead atoms. The SMILES string of the molecule is C[Si](C)(C)C1(C(=O)O)CCCCO1.[LiH]. The molecule has 1 atom stereocenters. The van der Waals surface area contributed by atoms with Crippen LogP contribution in [0.15, 0.2) is 0 Å². The molecule has 0 aromatic carbocycles. The second kappa shape index (κ2) is 4.84. The Morgan fingerprint density at radius 1 is 1.36 bits per heavy atom. The van der Waals surface area contributed by atoms with E-state index in [9.17, 15) is 9.90 Å². The van der Waals surface area contributed by atoms with E-state index in [2.05, 4.69) is 19.6 Å². The summed E-state index contributed by atoms with van der Waals surface area (Å²) in [5.41, 5.74) is 0. The quantitative estimate of drug-likeness (QED) is 0.697. The van der Waals surface area contributed by atoms with E-state index < -0.39 is 19.3 Å². The van der Waals surface area contributed by atoms with Crippen LogP contribution in [0.25, 0.3) is 0 Å². The third kappa shape index (κ3) is 2.43. The van der Waals surface area contributed by atoms with Gasteiger partial charge in [-0.1, -0.05) is 19.6 Å². The van der Waals surface area contributed by atoms with Gasteiger partial charge in [-0.3, -0.25) is 0 Å². The topological polar surface area (TPSA) is 46.5 Å². The number of aliphatic carboxylic acids is 1. The molecule has 0 aromatic heterocycles. The van der Waals surface area contributed by atoms with Crippen LogP contribution < -0.4 is 0 Å². The molecule has 1 N–H and O–H groups in total. The molecule has 1 fully saturated rings. The Kier molecular flexibility index (Phi) is 4.93. The summed E-state index contributed by atoms with van der Waals surface area (Å²) in [5, 5.41) is 8.41. The number of hydrogen-bond acceptors (Lipinski definition) is 2. The van der Waals surface area contributed by atoms with Crippen LogP contribution in [-0.2, 0) is 9.53 Å². The Morgan fingerprint density at radius 2 is 1.93 bits per heavy atom. The molecular formula is C9H19LiO3Si. The van der Waals surface area contributed by atoms with E-state index in [-0.39, 0.29) is 18.9 Å². The fourth-order valence-corrected chi connectivity index (χ4v) is 3.98. The van der Waals surface area contributed by atoms with Crippen LogP contribution in [-0.4, -0.2) is 49.8 Å². The minimum atomic E-state index is -1.79. The van der Waals surface area contributed by atoms with Gasteiger partial charge in [0.1, 0.15) is 0 Å². The molecule has 5 heteroatoms. The van der Waals surface area contributed by atoms with Crippen LogP contribution in [0.2, 0.25) is 19.6 Å². The molecule has 1 unspecified atom stereocenters. The zero-order valence-corrected chi connectivity index (χ0v) is 9.59. The molecule has 0 amide bonds. The number of ether oxygens (including phenoxy) is 1. The molecule has 1 aliphatic rings. The van der Waals surface area contributed by atoms with Gasteiger partial charge in [0.2, 0.25) is 0 Å². The second-order valence-corrected chi connectivity index (χ2v) is 10.00. The van der Waals surface area contributed by atoms with Crippen molar-refractivity contribution in [2.45, 2.75) is 44.1 Å². The molecule has 0 saturated carbocycles. The van der Waals surface area contributed by atoms with E-state index in [4.69, 9.17) is 4.74 Å². The minimum absolute atomic E-state index is 0. The first-order valence-electron chi connectivity index (χ1n) is 4.77. The van der Waals surface area contributed by atoms with Gasteiger partial charge in [0.05, 0.1) is 8.07 Å². The molecule has 1 heterocycles. The maximum atomic E-state index is 11.2. The molecule has 1 saturated heterocycles. The summed E-state index contributed by atoms with van der Waals surface area (Å²) in [6.45, 7) is 6.79. The second-order valence-electron chi connectivity index (χ2n) is 4.69. The first-order valence-corrected chi connectivity index (χ1v) is 8.27. The van der Waals surface area contributed by atoms with Crippen molar-refractivity contribution in [2.75, 3.05) is 6.61 Å². The molecule has 1 rings (SSSR count). The maximum absolute atomic E-state index is 11.2. The van der Waals surface area contributed by atoms with Gasteiger partial charge in [-0.05, 0) is 19.3 Å². The van der Waals surface area contributed by atoms with Crippen molar-refractivity contribution in [1.29, 1.82) is 0 Å². The van der Waals surface area contributed by atoms with Gasteiger partial charge in [-0.25, -0.2) is 4.79 Å². The number of rotatable bonds is 2. The Balaban J connectivity index is 0.00000169. The summed E-state index contributed by atoms with van der Waals surface area (Å²) in [7, 11) is -1.79. The van der Waals surface area contributed by atoms with Crippen LogP contribution >= 0.6 is 0 Å². The molecular weight excluding hydrogens is 191 g/mol. The Morgan fingerprint density at radius 3 is 2.14 bits per heavy atom. The van der Waals surface area contributed by atoms with Crippen molar-refractivity contribution < 1.29 is 14.6 Å². The van der Waals surface area contributed by atoms with Crippen LogP contribution in [0.4, 0.5) is 0 Å². The van der Waals surface area contributed by atoms with E-state index >= 15 is 0 Å². The molecule has 14 heavy (non-hydrogen) atoms. The summed E-state index contributed by atoms with van der Waals surface area (Å²) in [4.78, 5) is 11.2. The molecule has 0 aromatic rings. The standard InChI is InChI=1S/C9H18O3Si.Li.H/c1-13(2,3)9(8(10)11)6-4-5-7-12-9;;/h4-7H2,1-3H3,(H,10,11);;. The molecule has 3 nitrogen and oxygen atoms in total. The molecule has 0 aliphatic carbocycles. The predicted octanol–water partition coefficient (Wildman–Crippen LogP) is 1.24. The predicted molar refractivity (Wildman–Crippen MR) is 60.7 cm³/mol. The normalized spacial score (nSPS) is 27.9. The van der Waals surface area contributed by atoms with Crippen LogP contribution in [0.3, 0.4) is 0 Å². The van der Waals surface area contributed by atoms with Gasteiger partial charge in [0, 0.05) is 6.61 Å². The van der Waals surface area contributed by atoms with Gasteiger partial charge < -0.3 is 9.84 Å². The fourth-order valence-electron chi connectivity index (χ4n) is 1.88. The third-order valence-electron chi connectivity index (χ3n) is 2.83. The molecule has 0 spiro atoms. The van der Waals surface area contributed by atoms with E-state index in [1.807, 2.05) is 0 Å². The first-order chi connectivity index (χ1) is 5.90. The van der Waals surface area contributed by atoms with Gasteiger partial charge in [0.15, 0.2) is 5.22 Å². The van der Waals surface area contributed by atoms with Gasteiger partial charge in [0.25, 0.3) is 0 Å². The van der Waals surface area contributed by atoms with Crippen molar-refractivity contribution in [3.8, 4) is 0 Å². The van der Waals surface area contributed by atoms with Crippen molar-refractivity contribution in [3.63, 3.8) is 0 Å². The average molecular weight is 210 g/mol. The monoisotopic (exact) mass is 210 g/mol. The van der Waals surface area contributed by atoms with Crippen LogP contribution in [0.1, 0.15) is 19.3 Å². The Hall–Kier alpha value is 0.244. The zero-order valence-electron chi connectivity index (χ0n) is 8.59. The van der Waals surface area contributed by atoms with E-state index in [1.165, 1.54) is 0 Å². The number of carboxylic acid groups (broad SMARTS) is 1. The zero-order chi connectivity index (χ0) is 10.1. The van der Waals surface area contributed by atoms with E-state index in [0.717, 1.165) is 12.8 Å². The average Bonchev–Trinajstić information content (AvgIpc) is 2.03. The molecule has 78 valence electrons. The van der Waals surface area contributed by atoms with Crippen molar-refractivity contribution in [3.05, 3.63) is 0 Å². The summed E-state index contributed by atoms with van der Waals surface area (Å²) in [5.74, 6) is -0.758. The van der Waals surface area contributed by atoms with Crippen molar-refractivity contribution in [2.24, 2.45) is 0 Å². The molecule has 1 aliphatic heterocycles. The fraction of sp³-hybridized carbons (Fsp3) is 0.889. The summed E-state index contributed by atoms with van der Waals surface area (Å²) < 4.78 is 5.55. The Labute approximate surface area is 98.4 Å².